The number of nitrogens with zero attached hydrogens (tertiary/aromatic N) is 5. The third-order valence-corrected chi connectivity index (χ3v) is 2.73. The molecule has 0 aliphatic carbocycles. The summed E-state index contributed by atoms with van der Waals surface area (Å²) in [5, 5.41) is 4.37. The van der Waals surface area contributed by atoms with Crippen LogP contribution in [0.5, 0.6) is 5.88 Å². The van der Waals surface area contributed by atoms with Gasteiger partial charge in [-0.05, 0) is 24.3 Å². The van der Waals surface area contributed by atoms with Crippen molar-refractivity contribution in [2.75, 3.05) is 12.8 Å². The number of nitrogens with two attached hydrogens (primary N) is 1. The maximum absolute atomic E-state index is 5.66. The van der Waals surface area contributed by atoms with E-state index in [1.165, 1.54) is 6.33 Å². The number of benzene rings is 1. The van der Waals surface area contributed by atoms with Crippen LogP contribution in [0.1, 0.15) is 0 Å². The highest BCUT2D eigenvalue weighted by atomic mass is 16.5. The van der Waals surface area contributed by atoms with Gasteiger partial charge in [-0.2, -0.15) is 0 Å². The molecule has 3 rings (SSSR count). The quantitative estimate of drug-likeness (QED) is 0.720. The molecular formula is C13H12N6O. The van der Waals surface area contributed by atoms with Gasteiger partial charge >= 0.3 is 0 Å². The largest absolute Gasteiger partial charge is 0.481 e. The van der Waals surface area contributed by atoms with Crippen molar-refractivity contribution < 1.29 is 4.74 Å². The third kappa shape index (κ3) is 2.28. The first-order valence-electron chi connectivity index (χ1n) is 5.90. The summed E-state index contributed by atoms with van der Waals surface area (Å²) in [6.07, 6.45) is 3.01. The zero-order valence-electron chi connectivity index (χ0n) is 10.8. The number of rotatable bonds is 3. The second-order valence-electron chi connectivity index (χ2n) is 4.05. The average molecular weight is 268 g/mol. The summed E-state index contributed by atoms with van der Waals surface area (Å²) < 4.78 is 6.62. The fourth-order valence-electron chi connectivity index (χ4n) is 1.70. The van der Waals surface area contributed by atoms with Crippen LogP contribution in [-0.4, -0.2) is 31.8 Å². The number of ether oxygens (including phenoxy) is 1. The van der Waals surface area contributed by atoms with E-state index in [2.05, 4.69) is 20.1 Å². The molecule has 1 aromatic carbocycles. The topological polar surface area (TPSA) is 91.7 Å². The molecule has 7 heteroatoms. The number of hydrogen-bond donors (Lipinski definition) is 1. The van der Waals surface area contributed by atoms with Crippen molar-refractivity contribution in [3.63, 3.8) is 0 Å². The van der Waals surface area contributed by atoms with Crippen LogP contribution >= 0.6 is 0 Å². The molecule has 3 aromatic rings. The summed E-state index contributed by atoms with van der Waals surface area (Å²) in [7, 11) is 1.55. The third-order valence-electron chi connectivity index (χ3n) is 2.73. The van der Waals surface area contributed by atoms with E-state index in [-0.39, 0.29) is 0 Å². The number of anilines is 1. The molecule has 0 fully saturated rings. The molecule has 7 nitrogen and oxygen atoms in total. The molecule has 2 aromatic heterocycles. The Kier molecular flexibility index (Phi) is 3.00. The van der Waals surface area contributed by atoms with E-state index in [9.17, 15) is 0 Å². The molecule has 2 heterocycles. The number of hydrogen-bond acceptors (Lipinski definition) is 6. The highest BCUT2D eigenvalue weighted by molar-refractivity contribution is 5.58. The van der Waals surface area contributed by atoms with E-state index in [0.29, 0.717) is 23.2 Å². The Morgan fingerprint density at radius 2 is 1.90 bits per heavy atom. The van der Waals surface area contributed by atoms with Crippen molar-refractivity contribution in [1.82, 2.24) is 24.7 Å². The van der Waals surface area contributed by atoms with Crippen LogP contribution < -0.4 is 10.5 Å². The van der Waals surface area contributed by atoms with Gasteiger partial charge in [-0.25, -0.2) is 19.6 Å². The standard InChI is InChI=1S/C13H12N6O/c1-20-12-6-11(15-7-16-12)19-8-17-13(18-19)9-2-4-10(14)5-3-9/h2-8H,14H2,1H3. The van der Waals surface area contributed by atoms with Crippen LogP contribution in [0, 0.1) is 0 Å². The molecule has 0 bridgehead atoms. The molecule has 0 aliphatic heterocycles. The molecule has 100 valence electrons. The zero-order chi connectivity index (χ0) is 13.9. The second kappa shape index (κ2) is 4.96. The summed E-state index contributed by atoms with van der Waals surface area (Å²) in [6.45, 7) is 0. The van der Waals surface area contributed by atoms with Gasteiger partial charge in [-0.3, -0.25) is 0 Å². The van der Waals surface area contributed by atoms with Crippen molar-refractivity contribution in [3.8, 4) is 23.1 Å². The van der Waals surface area contributed by atoms with Crippen molar-refractivity contribution in [3.05, 3.63) is 43.0 Å². The van der Waals surface area contributed by atoms with Gasteiger partial charge in [0, 0.05) is 17.3 Å². The predicted molar refractivity (Wildman–Crippen MR) is 73.3 cm³/mol. The van der Waals surface area contributed by atoms with E-state index in [1.54, 1.807) is 24.2 Å². The maximum atomic E-state index is 5.66. The fourth-order valence-corrected chi connectivity index (χ4v) is 1.70. The lowest BCUT2D eigenvalue weighted by atomic mass is 10.2. The second-order valence-corrected chi connectivity index (χ2v) is 4.05. The molecule has 2 N–H and O–H groups in total. The first-order valence-corrected chi connectivity index (χ1v) is 5.90. The van der Waals surface area contributed by atoms with E-state index in [0.717, 1.165) is 5.56 Å². The Morgan fingerprint density at radius 3 is 2.65 bits per heavy atom. The first kappa shape index (κ1) is 12.1. The van der Waals surface area contributed by atoms with Crippen molar-refractivity contribution in [2.24, 2.45) is 0 Å². The van der Waals surface area contributed by atoms with Gasteiger partial charge in [0.25, 0.3) is 0 Å². The van der Waals surface area contributed by atoms with E-state index >= 15 is 0 Å². The summed E-state index contributed by atoms with van der Waals surface area (Å²) in [6, 6.07) is 9.04. The summed E-state index contributed by atoms with van der Waals surface area (Å²) in [4.78, 5) is 12.3. The lowest BCUT2D eigenvalue weighted by Crippen LogP contribution is -2.00. The number of nitrogen functional groups attached to an aromatic ring is 1. The number of methoxy groups -OCH3 is 1. The van der Waals surface area contributed by atoms with Crippen LogP contribution in [0.15, 0.2) is 43.0 Å². The van der Waals surface area contributed by atoms with Crippen LogP contribution in [0.25, 0.3) is 17.2 Å². The lowest BCUT2D eigenvalue weighted by Gasteiger charge is -2.01. The zero-order valence-corrected chi connectivity index (χ0v) is 10.8. The Balaban J connectivity index is 1.95. The monoisotopic (exact) mass is 268 g/mol. The van der Waals surface area contributed by atoms with Crippen molar-refractivity contribution >= 4 is 5.69 Å². The van der Waals surface area contributed by atoms with Crippen molar-refractivity contribution in [1.29, 1.82) is 0 Å². The van der Waals surface area contributed by atoms with Gasteiger partial charge in [0.05, 0.1) is 7.11 Å². The van der Waals surface area contributed by atoms with Crippen molar-refractivity contribution in [2.45, 2.75) is 0 Å². The summed E-state index contributed by atoms with van der Waals surface area (Å²) in [5.41, 5.74) is 7.25. The highest BCUT2D eigenvalue weighted by Gasteiger charge is 2.07. The Morgan fingerprint density at radius 1 is 1.10 bits per heavy atom. The SMILES string of the molecule is COc1cc(-n2cnc(-c3ccc(N)cc3)n2)ncn1. The minimum atomic E-state index is 0.472. The molecule has 0 amide bonds. The van der Waals surface area contributed by atoms with Gasteiger partial charge in [-0.15, -0.1) is 5.10 Å². The molecule has 0 radical (unpaired) electrons. The van der Waals surface area contributed by atoms with Crippen LogP contribution in [-0.2, 0) is 0 Å². The molecule has 0 spiro atoms. The molecule has 0 saturated carbocycles. The first-order chi connectivity index (χ1) is 9.76. The maximum Gasteiger partial charge on any atom is 0.218 e. The smallest absolute Gasteiger partial charge is 0.218 e. The molecule has 0 aliphatic rings. The Labute approximate surface area is 115 Å². The average Bonchev–Trinajstić information content (AvgIpc) is 2.98. The number of aromatic nitrogens is 5. The van der Waals surface area contributed by atoms with Gasteiger partial charge < -0.3 is 10.5 Å². The Hall–Kier alpha value is -2.96. The molecule has 20 heavy (non-hydrogen) atoms. The van der Waals surface area contributed by atoms with E-state index in [4.69, 9.17) is 10.5 Å². The molecule has 0 unspecified atom stereocenters. The molecule has 0 atom stereocenters. The van der Waals surface area contributed by atoms with E-state index in [1.807, 2.05) is 24.3 Å². The van der Waals surface area contributed by atoms with Gasteiger partial charge in [0.1, 0.15) is 12.7 Å². The lowest BCUT2D eigenvalue weighted by molar-refractivity contribution is 0.396. The van der Waals surface area contributed by atoms with Crippen LogP contribution in [0.3, 0.4) is 0 Å². The van der Waals surface area contributed by atoms with E-state index < -0.39 is 0 Å². The normalized spacial score (nSPS) is 10.4. The van der Waals surface area contributed by atoms with Crippen LogP contribution in [0.4, 0.5) is 5.69 Å². The molecule has 0 saturated heterocycles. The summed E-state index contributed by atoms with van der Waals surface area (Å²) >= 11 is 0. The Bertz CT molecular complexity index is 722. The molecular weight excluding hydrogens is 256 g/mol. The fraction of sp³-hybridized carbons (Fsp3) is 0.0769. The van der Waals surface area contributed by atoms with Gasteiger partial charge in [0.15, 0.2) is 11.6 Å². The minimum absolute atomic E-state index is 0.472. The van der Waals surface area contributed by atoms with Gasteiger partial charge in [0.2, 0.25) is 5.88 Å². The highest BCUT2D eigenvalue weighted by Crippen LogP contribution is 2.17. The minimum Gasteiger partial charge on any atom is -0.481 e. The predicted octanol–water partition coefficient (Wildman–Crippen LogP) is 1.32. The van der Waals surface area contributed by atoms with Crippen LogP contribution in [0.2, 0.25) is 0 Å². The summed E-state index contributed by atoms with van der Waals surface area (Å²) in [5.74, 6) is 1.66. The van der Waals surface area contributed by atoms with Gasteiger partial charge in [-0.1, -0.05) is 0 Å².